The van der Waals surface area contributed by atoms with E-state index < -0.39 is 0 Å². The van der Waals surface area contributed by atoms with Crippen LogP contribution in [0, 0.1) is 20.5 Å². The van der Waals surface area contributed by atoms with Crippen LogP contribution in [0.15, 0.2) is 0 Å². The van der Waals surface area contributed by atoms with Crippen molar-refractivity contribution in [3.8, 4) is 9.94 Å². The van der Waals surface area contributed by atoms with Crippen molar-refractivity contribution >= 4 is 49.1 Å². The molecule has 0 saturated carbocycles. The van der Waals surface area contributed by atoms with Gasteiger partial charge in [0, 0.05) is 0 Å². The van der Waals surface area contributed by atoms with Gasteiger partial charge in [-0.2, -0.15) is 0 Å². The van der Waals surface area contributed by atoms with Gasteiger partial charge in [-0.1, -0.05) is 0 Å². The first-order valence-corrected chi connectivity index (χ1v) is 2.77. The summed E-state index contributed by atoms with van der Waals surface area (Å²) >= 11 is 3.54. The molecule has 5 heteroatoms. The zero-order valence-electron chi connectivity index (χ0n) is 3.29. The van der Waals surface area contributed by atoms with Gasteiger partial charge in [-0.25, -0.2) is 0 Å². The summed E-state index contributed by atoms with van der Waals surface area (Å²) in [7, 11) is 0. The van der Waals surface area contributed by atoms with E-state index in [2.05, 4.69) is 0 Å². The monoisotopic (exact) mass is 296 g/mol. The summed E-state index contributed by atoms with van der Waals surface area (Å²) in [5, 5.41) is 14.6. The van der Waals surface area contributed by atoms with E-state index in [1.54, 1.807) is 42.0 Å². The van der Waals surface area contributed by atoms with Gasteiger partial charge in [-0.3, -0.25) is 0 Å². The molecule has 40 valence electrons. The van der Waals surface area contributed by atoms with E-state index in [0.717, 1.165) is 0 Å². The molecule has 0 fully saturated rings. The van der Waals surface area contributed by atoms with Crippen LogP contribution in [-0.4, -0.2) is 49.1 Å². The molecule has 0 aromatic heterocycles. The fourth-order valence-electron chi connectivity index (χ4n) is 0. The second-order valence-corrected chi connectivity index (χ2v) is 1.04. The van der Waals surface area contributed by atoms with Gasteiger partial charge in [0.1, 0.15) is 0 Å². The molecule has 0 spiro atoms. The normalized spacial score (nSPS) is 2.29. The summed E-state index contributed by atoms with van der Waals surface area (Å²) in [6.07, 6.45) is 0. The van der Waals surface area contributed by atoms with Crippen molar-refractivity contribution in [1.29, 1.82) is 10.5 Å². The van der Waals surface area contributed by atoms with Gasteiger partial charge in [0.05, 0.1) is 0 Å². The molecule has 0 radical (unpaired) electrons. The first-order valence-electron chi connectivity index (χ1n) is 0.894. The summed E-state index contributed by atoms with van der Waals surface area (Å²) in [6.45, 7) is 0. The molecular weight excluding hydrogens is 289 g/mol. The van der Waals surface area contributed by atoms with Crippen LogP contribution in [0.5, 0.6) is 0 Å². The SMILES string of the molecule is N#C[SeH].N#C[SeH].[SeH2]. The van der Waals surface area contributed by atoms with Crippen molar-refractivity contribution in [1.82, 2.24) is 0 Å². The molecule has 0 aromatic carbocycles. The summed E-state index contributed by atoms with van der Waals surface area (Å²) < 4.78 is 0. The van der Waals surface area contributed by atoms with E-state index in [1.807, 2.05) is 0 Å². The minimum absolute atomic E-state index is 0. The van der Waals surface area contributed by atoms with Gasteiger partial charge in [-0.05, 0) is 0 Å². The molecule has 0 aliphatic rings. The van der Waals surface area contributed by atoms with Crippen LogP contribution >= 0.6 is 0 Å². The Balaban J connectivity index is -0.0000000400. The van der Waals surface area contributed by atoms with Gasteiger partial charge >= 0.3 is 69.6 Å². The first-order chi connectivity index (χ1) is 2.83. The van der Waals surface area contributed by atoms with Crippen LogP contribution in [-0.2, 0) is 0 Å². The molecule has 0 aliphatic heterocycles. The average molecular weight is 293 g/mol. The molecule has 0 rings (SSSR count). The van der Waals surface area contributed by atoms with Crippen LogP contribution in [0.1, 0.15) is 0 Å². The fraction of sp³-hybridized carbons (Fsp3) is 0. The third kappa shape index (κ3) is 465. The topological polar surface area (TPSA) is 47.6 Å². The minimum atomic E-state index is 0. The molecule has 0 aromatic rings. The van der Waals surface area contributed by atoms with Crippen molar-refractivity contribution in [2.75, 3.05) is 0 Å². The van der Waals surface area contributed by atoms with Crippen molar-refractivity contribution in [2.24, 2.45) is 0 Å². The summed E-state index contributed by atoms with van der Waals surface area (Å²) in [5.74, 6) is 0. The van der Waals surface area contributed by atoms with Crippen LogP contribution in [0.2, 0.25) is 0 Å². The summed E-state index contributed by atoms with van der Waals surface area (Å²) in [4.78, 5) is 3.38. The zero-order valence-corrected chi connectivity index (χ0v) is 9.14. The predicted molar refractivity (Wildman–Crippen MR) is 34.1 cm³/mol. The molecular formula is C2H4N2Se3. The number of nitrogens with zero attached hydrogens (tertiary/aromatic N) is 2. The quantitative estimate of drug-likeness (QED) is 0.477. The molecule has 7 heavy (non-hydrogen) atoms. The second-order valence-electron chi connectivity index (χ2n) is 0.200. The molecule has 0 bridgehead atoms. The summed E-state index contributed by atoms with van der Waals surface area (Å²) in [5.41, 5.74) is 0. The Morgan fingerprint density at radius 1 is 1.00 bits per heavy atom. The molecule has 0 amide bonds. The van der Waals surface area contributed by atoms with Crippen LogP contribution in [0.3, 0.4) is 0 Å². The Morgan fingerprint density at radius 2 is 1.00 bits per heavy atom. The average Bonchev–Trinajstić information content (AvgIpc) is 1.39. The number of hydrogen-bond acceptors (Lipinski definition) is 2. The van der Waals surface area contributed by atoms with Crippen molar-refractivity contribution in [3.63, 3.8) is 0 Å². The van der Waals surface area contributed by atoms with Crippen molar-refractivity contribution in [3.05, 3.63) is 0 Å². The molecule has 2 nitrogen and oxygen atoms in total. The first kappa shape index (κ1) is 15.6. The second kappa shape index (κ2) is 31.1. The Hall–Kier alpha value is 0.538. The molecule has 0 aliphatic carbocycles. The van der Waals surface area contributed by atoms with E-state index in [4.69, 9.17) is 10.5 Å². The van der Waals surface area contributed by atoms with Gasteiger partial charge in [-0.15, -0.1) is 0 Å². The van der Waals surface area contributed by atoms with E-state index in [1.165, 1.54) is 0 Å². The van der Waals surface area contributed by atoms with Crippen molar-refractivity contribution in [2.45, 2.75) is 0 Å². The maximum atomic E-state index is 7.29. The third-order valence-electron chi connectivity index (χ3n) is 0. The number of nitriles is 2. The van der Waals surface area contributed by atoms with Gasteiger partial charge in [0.2, 0.25) is 0 Å². The fourth-order valence-corrected chi connectivity index (χ4v) is 0. The predicted octanol–water partition coefficient (Wildman–Crippen LogP) is -2.18. The number of rotatable bonds is 0. The molecule has 0 atom stereocenters. The van der Waals surface area contributed by atoms with Gasteiger partial charge in [0.25, 0.3) is 0 Å². The van der Waals surface area contributed by atoms with E-state index >= 15 is 0 Å². The van der Waals surface area contributed by atoms with E-state index in [9.17, 15) is 0 Å². The van der Waals surface area contributed by atoms with Crippen LogP contribution in [0.4, 0.5) is 0 Å². The van der Waals surface area contributed by atoms with Gasteiger partial charge in [0.15, 0.2) is 0 Å². The van der Waals surface area contributed by atoms with Crippen LogP contribution in [0.25, 0.3) is 0 Å². The Kier molecular flexibility index (Phi) is 69.6. The van der Waals surface area contributed by atoms with Gasteiger partial charge < -0.3 is 0 Å². The third-order valence-corrected chi connectivity index (χ3v) is 0. The molecule has 0 unspecified atom stereocenters. The van der Waals surface area contributed by atoms with Crippen molar-refractivity contribution < 1.29 is 0 Å². The standard InChI is InChI=1S/2CHNSe.H2Se/c2*2-1-3;/h2*3H;1H2. The van der Waals surface area contributed by atoms with E-state index in [-0.39, 0.29) is 17.1 Å². The Morgan fingerprint density at radius 3 is 1.00 bits per heavy atom. The molecule has 0 heterocycles. The van der Waals surface area contributed by atoms with Crippen LogP contribution < -0.4 is 0 Å². The Labute approximate surface area is 69.4 Å². The molecule has 0 saturated heterocycles. The maximum absolute atomic E-state index is 7.29. The number of hydrogen-bond donors (Lipinski definition) is 0. The summed E-state index contributed by atoms with van der Waals surface area (Å²) in [6, 6.07) is 0. The van der Waals surface area contributed by atoms with E-state index in [0.29, 0.717) is 0 Å². The molecule has 0 N–H and O–H groups in total. The Bertz CT molecular complexity index is 65.9. The zero-order chi connectivity index (χ0) is 5.41.